The Labute approximate surface area is 114 Å². The summed E-state index contributed by atoms with van der Waals surface area (Å²) in [5.41, 5.74) is 0. The number of hydrogen-bond acceptors (Lipinski definition) is 2. The summed E-state index contributed by atoms with van der Waals surface area (Å²) in [7, 11) is 0. The number of carbonyl (C=O) groups excluding carboxylic acids is 1. The fraction of sp³-hybridized carbons (Fsp3) is 0.857. The number of piperidine rings is 1. The number of amides is 2. The van der Waals surface area contributed by atoms with Crippen LogP contribution in [0.3, 0.4) is 0 Å². The van der Waals surface area contributed by atoms with Crippen molar-refractivity contribution in [3.05, 3.63) is 0 Å². The molecule has 0 aromatic carbocycles. The molecule has 1 heterocycles. The average Bonchev–Trinajstić information content (AvgIpc) is 2.43. The van der Waals surface area contributed by atoms with Gasteiger partial charge in [-0.2, -0.15) is 0 Å². The summed E-state index contributed by atoms with van der Waals surface area (Å²) in [5, 5.41) is 11.6. The van der Waals surface area contributed by atoms with E-state index in [1.807, 2.05) is 0 Å². The van der Waals surface area contributed by atoms with Crippen molar-refractivity contribution in [2.75, 3.05) is 13.1 Å². The van der Waals surface area contributed by atoms with Crippen molar-refractivity contribution in [2.45, 2.75) is 51.5 Å². The third-order valence-corrected chi connectivity index (χ3v) is 4.58. The van der Waals surface area contributed by atoms with E-state index >= 15 is 0 Å². The molecule has 5 heteroatoms. The van der Waals surface area contributed by atoms with E-state index in [2.05, 4.69) is 5.32 Å². The molecule has 5 nitrogen and oxygen atoms in total. The predicted molar refractivity (Wildman–Crippen MR) is 71.9 cm³/mol. The minimum atomic E-state index is -0.955. The van der Waals surface area contributed by atoms with Crippen LogP contribution in [0, 0.1) is 11.8 Å². The fourth-order valence-electron chi connectivity index (χ4n) is 3.36. The summed E-state index contributed by atoms with van der Waals surface area (Å²) in [6, 6.07) is -0.977. The lowest BCUT2D eigenvalue weighted by atomic mass is 9.75. The minimum Gasteiger partial charge on any atom is -0.480 e. The predicted octanol–water partition coefficient (Wildman–Crippen LogP) is 2.07. The Morgan fingerprint density at radius 2 is 1.95 bits per heavy atom. The number of carboxylic acids is 1. The van der Waals surface area contributed by atoms with E-state index < -0.39 is 12.0 Å². The lowest BCUT2D eigenvalue weighted by molar-refractivity contribution is -0.139. The second-order valence-corrected chi connectivity index (χ2v) is 5.79. The summed E-state index contributed by atoms with van der Waals surface area (Å²) in [4.78, 5) is 24.8. The summed E-state index contributed by atoms with van der Waals surface area (Å²) in [6.45, 7) is 3.34. The molecule has 0 spiro atoms. The van der Waals surface area contributed by atoms with Gasteiger partial charge in [-0.15, -0.1) is 0 Å². The number of aliphatic carboxylic acids is 1. The quantitative estimate of drug-likeness (QED) is 0.823. The monoisotopic (exact) mass is 268 g/mol. The van der Waals surface area contributed by atoms with Crippen LogP contribution in [0.1, 0.15) is 45.4 Å². The molecule has 1 aliphatic heterocycles. The maximum Gasteiger partial charge on any atom is 0.326 e. The standard InChI is InChI=1S/C14H24N2O3/c1-2-12(13(17)18)15-14(19)16-8-7-10-5-3-4-6-11(10)9-16/h10-12H,2-9H2,1H3,(H,15,19)(H,17,18). The van der Waals surface area contributed by atoms with E-state index in [4.69, 9.17) is 5.11 Å². The number of likely N-dealkylation sites (tertiary alicyclic amines) is 1. The van der Waals surface area contributed by atoms with Crippen LogP contribution in [0.25, 0.3) is 0 Å². The number of fused-ring (bicyclic) bond motifs is 1. The topological polar surface area (TPSA) is 69.6 Å². The van der Waals surface area contributed by atoms with Gasteiger partial charge in [0, 0.05) is 13.1 Å². The fourth-order valence-corrected chi connectivity index (χ4v) is 3.36. The summed E-state index contributed by atoms with van der Waals surface area (Å²) >= 11 is 0. The Morgan fingerprint density at radius 1 is 1.26 bits per heavy atom. The van der Waals surface area contributed by atoms with Crippen LogP contribution >= 0.6 is 0 Å². The van der Waals surface area contributed by atoms with Crippen molar-refractivity contribution in [3.8, 4) is 0 Å². The lowest BCUT2D eigenvalue weighted by Crippen LogP contribution is -2.52. The molecule has 2 amide bonds. The molecule has 1 saturated carbocycles. The SMILES string of the molecule is CCC(NC(=O)N1CCC2CCCCC2C1)C(=O)O. The Hall–Kier alpha value is -1.26. The van der Waals surface area contributed by atoms with E-state index in [9.17, 15) is 9.59 Å². The average molecular weight is 268 g/mol. The molecule has 3 unspecified atom stereocenters. The van der Waals surface area contributed by atoms with Crippen molar-refractivity contribution in [1.82, 2.24) is 10.2 Å². The van der Waals surface area contributed by atoms with Crippen molar-refractivity contribution in [3.63, 3.8) is 0 Å². The van der Waals surface area contributed by atoms with Gasteiger partial charge in [0.2, 0.25) is 0 Å². The molecule has 0 bridgehead atoms. The number of nitrogens with one attached hydrogen (secondary N) is 1. The second kappa shape index (κ2) is 6.26. The van der Waals surface area contributed by atoms with Crippen LogP contribution in [0.2, 0.25) is 0 Å². The maximum absolute atomic E-state index is 12.1. The number of nitrogens with zero attached hydrogens (tertiary/aromatic N) is 1. The third-order valence-electron chi connectivity index (χ3n) is 4.58. The van der Waals surface area contributed by atoms with Crippen molar-refractivity contribution in [2.24, 2.45) is 11.8 Å². The van der Waals surface area contributed by atoms with Crippen molar-refractivity contribution >= 4 is 12.0 Å². The second-order valence-electron chi connectivity index (χ2n) is 5.79. The number of carboxylic acid groups (broad SMARTS) is 1. The molecule has 3 atom stereocenters. The molecule has 0 radical (unpaired) electrons. The Balaban J connectivity index is 1.88. The zero-order valence-electron chi connectivity index (χ0n) is 11.6. The molecule has 1 saturated heterocycles. The Kier molecular flexibility index (Phi) is 4.66. The summed E-state index contributed by atoms with van der Waals surface area (Å²) < 4.78 is 0. The molecule has 0 aromatic rings. The van der Waals surface area contributed by atoms with E-state index in [0.29, 0.717) is 12.3 Å². The lowest BCUT2D eigenvalue weighted by Gasteiger charge is -2.41. The zero-order chi connectivity index (χ0) is 13.8. The van der Waals surface area contributed by atoms with Gasteiger partial charge >= 0.3 is 12.0 Å². The molecular formula is C14H24N2O3. The van der Waals surface area contributed by atoms with Gasteiger partial charge in [-0.1, -0.05) is 26.2 Å². The highest BCUT2D eigenvalue weighted by Gasteiger charge is 2.33. The minimum absolute atomic E-state index is 0.210. The van der Waals surface area contributed by atoms with Crippen LogP contribution in [0.4, 0.5) is 4.79 Å². The van der Waals surface area contributed by atoms with Crippen molar-refractivity contribution < 1.29 is 14.7 Å². The van der Waals surface area contributed by atoms with Gasteiger partial charge in [0.05, 0.1) is 0 Å². The normalized spacial score (nSPS) is 28.4. The van der Waals surface area contributed by atoms with Gasteiger partial charge in [0.25, 0.3) is 0 Å². The molecule has 1 aliphatic carbocycles. The van der Waals surface area contributed by atoms with E-state index in [0.717, 1.165) is 25.4 Å². The van der Waals surface area contributed by atoms with Crippen LogP contribution in [-0.2, 0) is 4.79 Å². The maximum atomic E-state index is 12.1. The van der Waals surface area contributed by atoms with E-state index in [1.54, 1.807) is 11.8 Å². The molecule has 0 aromatic heterocycles. The Bertz CT molecular complexity index is 346. The van der Waals surface area contributed by atoms with Gasteiger partial charge in [0.1, 0.15) is 6.04 Å². The zero-order valence-corrected chi connectivity index (χ0v) is 11.6. The molecule has 2 fully saturated rings. The third kappa shape index (κ3) is 3.39. The van der Waals surface area contributed by atoms with Gasteiger partial charge in [-0.25, -0.2) is 9.59 Å². The highest BCUT2D eigenvalue weighted by atomic mass is 16.4. The summed E-state index contributed by atoms with van der Waals surface area (Å²) in [6.07, 6.45) is 6.59. The molecule has 2 rings (SSSR count). The van der Waals surface area contributed by atoms with E-state index in [-0.39, 0.29) is 6.03 Å². The first-order valence-electron chi connectivity index (χ1n) is 7.40. The molecule has 2 N–H and O–H groups in total. The first-order valence-corrected chi connectivity index (χ1v) is 7.40. The molecular weight excluding hydrogens is 244 g/mol. The van der Waals surface area contributed by atoms with Gasteiger partial charge < -0.3 is 15.3 Å². The van der Waals surface area contributed by atoms with E-state index in [1.165, 1.54) is 25.7 Å². The van der Waals surface area contributed by atoms with Gasteiger partial charge in [-0.3, -0.25) is 0 Å². The van der Waals surface area contributed by atoms with Crippen LogP contribution in [0.5, 0.6) is 0 Å². The first-order chi connectivity index (χ1) is 9.11. The highest BCUT2D eigenvalue weighted by Crippen LogP contribution is 2.35. The van der Waals surface area contributed by atoms with Gasteiger partial charge in [0.15, 0.2) is 0 Å². The largest absolute Gasteiger partial charge is 0.480 e. The molecule has 2 aliphatic rings. The Morgan fingerprint density at radius 3 is 2.58 bits per heavy atom. The smallest absolute Gasteiger partial charge is 0.326 e. The number of rotatable bonds is 3. The van der Waals surface area contributed by atoms with Crippen LogP contribution in [-0.4, -0.2) is 41.1 Å². The van der Waals surface area contributed by atoms with Crippen LogP contribution in [0.15, 0.2) is 0 Å². The van der Waals surface area contributed by atoms with Gasteiger partial charge in [-0.05, 0) is 31.1 Å². The highest BCUT2D eigenvalue weighted by molar-refractivity contribution is 5.82. The first kappa shape index (κ1) is 14.2. The number of urea groups is 1. The number of carbonyl (C=O) groups is 2. The van der Waals surface area contributed by atoms with Crippen molar-refractivity contribution in [1.29, 1.82) is 0 Å². The molecule has 108 valence electrons. The molecule has 19 heavy (non-hydrogen) atoms. The number of hydrogen-bond donors (Lipinski definition) is 2. The summed E-state index contributed by atoms with van der Waals surface area (Å²) in [5.74, 6) is 0.445. The van der Waals surface area contributed by atoms with Crippen LogP contribution < -0.4 is 5.32 Å².